The van der Waals surface area contributed by atoms with Gasteiger partial charge in [-0.1, -0.05) is 13.0 Å². The summed E-state index contributed by atoms with van der Waals surface area (Å²) in [6, 6.07) is 4.23. The van der Waals surface area contributed by atoms with Gasteiger partial charge in [-0.15, -0.1) is 0 Å². The Morgan fingerprint density at radius 1 is 1.50 bits per heavy atom. The molecule has 1 unspecified atom stereocenters. The molecule has 16 heavy (non-hydrogen) atoms. The molecule has 1 atom stereocenters. The number of nitrogens with one attached hydrogen (secondary N) is 1. The van der Waals surface area contributed by atoms with Crippen LogP contribution >= 0.6 is 0 Å². The highest BCUT2D eigenvalue weighted by Crippen LogP contribution is 2.44. The lowest BCUT2D eigenvalue weighted by atomic mass is 10.1. The molecule has 0 saturated heterocycles. The second-order valence-corrected chi connectivity index (χ2v) is 5.12. The molecule has 0 amide bonds. The molecule has 0 bridgehead atoms. The third-order valence-electron chi connectivity index (χ3n) is 3.40. The van der Waals surface area contributed by atoms with Gasteiger partial charge in [0.2, 0.25) is 0 Å². The first-order valence-electron chi connectivity index (χ1n) is 5.72. The molecule has 1 fully saturated rings. The van der Waals surface area contributed by atoms with Crippen LogP contribution in [0.5, 0.6) is 5.75 Å². The number of phenolic OH excluding ortho intramolecular Hbond substituents is 1. The molecule has 88 valence electrons. The molecule has 1 saturated carbocycles. The van der Waals surface area contributed by atoms with Crippen LogP contribution in [0.2, 0.25) is 0 Å². The molecule has 0 spiro atoms. The van der Waals surface area contributed by atoms with Crippen LogP contribution in [0.1, 0.15) is 38.3 Å². The van der Waals surface area contributed by atoms with Crippen LogP contribution in [0.3, 0.4) is 0 Å². The van der Waals surface area contributed by atoms with E-state index in [2.05, 4.69) is 12.2 Å². The molecule has 0 radical (unpaired) electrons. The van der Waals surface area contributed by atoms with E-state index < -0.39 is 5.82 Å². The van der Waals surface area contributed by atoms with E-state index in [4.69, 9.17) is 0 Å². The molecule has 0 aromatic heterocycles. The lowest BCUT2D eigenvalue weighted by molar-refractivity contribution is 0.425. The van der Waals surface area contributed by atoms with Crippen LogP contribution in [-0.4, -0.2) is 11.7 Å². The fourth-order valence-corrected chi connectivity index (χ4v) is 1.78. The Balaban J connectivity index is 1.99. The van der Waals surface area contributed by atoms with Crippen molar-refractivity contribution < 1.29 is 9.50 Å². The summed E-state index contributed by atoms with van der Waals surface area (Å²) in [5.41, 5.74) is 1.19. The predicted octanol–water partition coefficient (Wildman–Crippen LogP) is 2.98. The number of rotatable bonds is 4. The van der Waals surface area contributed by atoms with Crippen molar-refractivity contribution in [3.8, 4) is 5.75 Å². The summed E-state index contributed by atoms with van der Waals surface area (Å²) >= 11 is 0. The SMILES string of the molecule is CC(NCC1(C)CC1)c1ccc(F)cc1O. The highest BCUT2D eigenvalue weighted by atomic mass is 19.1. The maximum absolute atomic E-state index is 12.8. The van der Waals surface area contributed by atoms with Crippen molar-refractivity contribution in [2.24, 2.45) is 5.41 Å². The van der Waals surface area contributed by atoms with Crippen LogP contribution in [0.25, 0.3) is 0 Å². The zero-order valence-corrected chi connectivity index (χ0v) is 9.76. The van der Waals surface area contributed by atoms with E-state index in [1.54, 1.807) is 6.07 Å². The predicted molar refractivity (Wildman–Crippen MR) is 61.8 cm³/mol. The van der Waals surface area contributed by atoms with E-state index in [-0.39, 0.29) is 11.8 Å². The van der Waals surface area contributed by atoms with Crippen molar-refractivity contribution in [3.63, 3.8) is 0 Å². The third kappa shape index (κ3) is 2.53. The highest BCUT2D eigenvalue weighted by molar-refractivity contribution is 5.34. The van der Waals surface area contributed by atoms with E-state index in [0.717, 1.165) is 18.2 Å². The Morgan fingerprint density at radius 3 is 2.75 bits per heavy atom. The number of benzene rings is 1. The van der Waals surface area contributed by atoms with Gasteiger partial charge in [0.05, 0.1) is 0 Å². The van der Waals surface area contributed by atoms with Gasteiger partial charge in [0.1, 0.15) is 11.6 Å². The Hall–Kier alpha value is -1.09. The van der Waals surface area contributed by atoms with Gasteiger partial charge in [-0.05, 0) is 31.2 Å². The van der Waals surface area contributed by atoms with Crippen molar-refractivity contribution in [1.82, 2.24) is 5.32 Å². The molecule has 1 aliphatic carbocycles. The molecule has 1 aromatic carbocycles. The van der Waals surface area contributed by atoms with Gasteiger partial charge in [0.15, 0.2) is 0 Å². The number of phenols is 1. The number of halogens is 1. The number of hydrogen-bond acceptors (Lipinski definition) is 2. The zero-order valence-electron chi connectivity index (χ0n) is 9.76. The summed E-state index contributed by atoms with van der Waals surface area (Å²) in [5.74, 6) is -0.372. The highest BCUT2D eigenvalue weighted by Gasteiger charge is 2.37. The van der Waals surface area contributed by atoms with Gasteiger partial charge in [0.25, 0.3) is 0 Å². The van der Waals surface area contributed by atoms with Crippen molar-refractivity contribution >= 4 is 0 Å². The topological polar surface area (TPSA) is 32.3 Å². The smallest absolute Gasteiger partial charge is 0.126 e. The third-order valence-corrected chi connectivity index (χ3v) is 3.40. The second kappa shape index (κ2) is 4.06. The average molecular weight is 223 g/mol. The fraction of sp³-hybridized carbons (Fsp3) is 0.538. The summed E-state index contributed by atoms with van der Waals surface area (Å²) in [6.07, 6.45) is 2.53. The molecule has 1 aromatic rings. The van der Waals surface area contributed by atoms with Crippen LogP contribution in [-0.2, 0) is 0 Å². The van der Waals surface area contributed by atoms with Crippen LogP contribution in [0, 0.1) is 11.2 Å². The summed E-state index contributed by atoms with van der Waals surface area (Å²) in [6.45, 7) is 5.18. The molecular formula is C13H18FNO. The first-order chi connectivity index (χ1) is 7.50. The molecule has 0 heterocycles. The van der Waals surface area contributed by atoms with Gasteiger partial charge in [0, 0.05) is 24.2 Å². The van der Waals surface area contributed by atoms with Gasteiger partial charge in [-0.3, -0.25) is 0 Å². The van der Waals surface area contributed by atoms with Gasteiger partial charge >= 0.3 is 0 Å². The Kier molecular flexibility index (Phi) is 2.89. The lowest BCUT2D eigenvalue weighted by Gasteiger charge is -2.18. The minimum atomic E-state index is -0.400. The van der Waals surface area contributed by atoms with E-state index >= 15 is 0 Å². The molecule has 2 N–H and O–H groups in total. The summed E-state index contributed by atoms with van der Waals surface area (Å²) in [5, 5.41) is 13.0. The molecule has 2 nitrogen and oxygen atoms in total. The fourth-order valence-electron chi connectivity index (χ4n) is 1.78. The summed E-state index contributed by atoms with van der Waals surface area (Å²) < 4.78 is 12.8. The van der Waals surface area contributed by atoms with Crippen molar-refractivity contribution in [1.29, 1.82) is 0 Å². The van der Waals surface area contributed by atoms with E-state index in [0.29, 0.717) is 5.41 Å². The molecule has 0 aliphatic heterocycles. The first-order valence-corrected chi connectivity index (χ1v) is 5.72. The quantitative estimate of drug-likeness (QED) is 0.822. The maximum atomic E-state index is 12.8. The molecule has 2 rings (SSSR count). The van der Waals surface area contributed by atoms with Crippen LogP contribution in [0.15, 0.2) is 18.2 Å². The Morgan fingerprint density at radius 2 is 2.19 bits per heavy atom. The van der Waals surface area contributed by atoms with E-state index in [1.807, 2.05) is 6.92 Å². The average Bonchev–Trinajstić information content (AvgIpc) is 2.94. The Labute approximate surface area is 95.5 Å². The molecule has 1 aliphatic rings. The molecular weight excluding hydrogens is 205 g/mol. The minimum Gasteiger partial charge on any atom is -0.508 e. The monoisotopic (exact) mass is 223 g/mol. The van der Waals surface area contributed by atoms with Crippen molar-refractivity contribution in [3.05, 3.63) is 29.6 Å². The van der Waals surface area contributed by atoms with Crippen molar-refractivity contribution in [2.75, 3.05) is 6.54 Å². The van der Waals surface area contributed by atoms with Crippen LogP contribution < -0.4 is 5.32 Å². The maximum Gasteiger partial charge on any atom is 0.126 e. The molecule has 3 heteroatoms. The summed E-state index contributed by atoms with van der Waals surface area (Å²) in [7, 11) is 0. The van der Waals surface area contributed by atoms with Gasteiger partial charge < -0.3 is 10.4 Å². The summed E-state index contributed by atoms with van der Waals surface area (Å²) in [4.78, 5) is 0. The second-order valence-electron chi connectivity index (χ2n) is 5.12. The standard InChI is InChI=1S/C13H18FNO/c1-9(15-8-13(2)5-6-13)11-4-3-10(14)7-12(11)16/h3-4,7,9,15-16H,5-6,8H2,1-2H3. The minimum absolute atomic E-state index is 0.0287. The largest absolute Gasteiger partial charge is 0.508 e. The van der Waals surface area contributed by atoms with Crippen molar-refractivity contribution in [2.45, 2.75) is 32.7 Å². The zero-order chi connectivity index (χ0) is 11.8. The first kappa shape index (κ1) is 11.4. The van der Waals surface area contributed by atoms with E-state index in [9.17, 15) is 9.50 Å². The number of hydrogen-bond donors (Lipinski definition) is 2. The van der Waals surface area contributed by atoms with Gasteiger partial charge in [-0.25, -0.2) is 4.39 Å². The Bertz CT molecular complexity index is 388. The number of aromatic hydroxyl groups is 1. The lowest BCUT2D eigenvalue weighted by Crippen LogP contribution is -2.25. The van der Waals surface area contributed by atoms with Gasteiger partial charge in [-0.2, -0.15) is 0 Å². The normalized spacial score (nSPS) is 19.4. The van der Waals surface area contributed by atoms with E-state index in [1.165, 1.54) is 18.9 Å². The van der Waals surface area contributed by atoms with Crippen LogP contribution in [0.4, 0.5) is 4.39 Å².